The minimum absolute atomic E-state index is 0.0358. The number of rotatable bonds is 11. The van der Waals surface area contributed by atoms with Crippen molar-refractivity contribution in [3.63, 3.8) is 0 Å². The molecule has 2 heterocycles. The van der Waals surface area contributed by atoms with Crippen LogP contribution in [0.5, 0.6) is 5.88 Å². The maximum Gasteiger partial charge on any atom is 0.335 e. The highest BCUT2D eigenvalue weighted by Gasteiger charge is 2.41. The summed E-state index contributed by atoms with van der Waals surface area (Å²) < 4.78 is 52.6. The first kappa shape index (κ1) is 30.1. The Balaban J connectivity index is 1.25. The van der Waals surface area contributed by atoms with Crippen LogP contribution in [0.1, 0.15) is 66.0 Å². The molecule has 3 aromatic carbocycles. The number of halogens is 3. The number of hydrogen-bond donors (Lipinski definition) is 2. The van der Waals surface area contributed by atoms with E-state index in [0.717, 1.165) is 25.3 Å². The van der Waals surface area contributed by atoms with E-state index in [-0.39, 0.29) is 41.1 Å². The molecule has 2 N–H and O–H groups in total. The number of benzene rings is 3. The minimum Gasteiger partial charge on any atom is -0.478 e. The van der Waals surface area contributed by atoms with Gasteiger partial charge in [-0.15, -0.1) is 0 Å². The van der Waals surface area contributed by atoms with E-state index in [2.05, 4.69) is 16.9 Å². The summed E-state index contributed by atoms with van der Waals surface area (Å²) in [5.41, 5.74) is 2.72. The Kier molecular flexibility index (Phi) is 7.90. The second kappa shape index (κ2) is 11.8. The van der Waals surface area contributed by atoms with Gasteiger partial charge in [0.15, 0.2) is 5.82 Å². The lowest BCUT2D eigenvalue weighted by Crippen LogP contribution is -2.14. The standard InChI is InChI=1S/C35H31F3N4O3/c1-3-35(11-12-35)19-42-30-16-25(34(43)44)15-28(38)33(30)41-31(42)17-22-8-9-23(14-26(22)36)29-5-4-6-32(40-29)45-18-24-10-7-21(20(2)39)13-27(24)37/h4-10,13-16,39H,3,11-12,17-19H2,1-2H3,(H,43,44). The fourth-order valence-electron chi connectivity index (χ4n) is 5.53. The third-order valence-corrected chi connectivity index (χ3v) is 8.62. The van der Waals surface area contributed by atoms with Crippen molar-refractivity contribution >= 4 is 22.7 Å². The number of ether oxygens (including phenoxy) is 1. The highest BCUT2D eigenvalue weighted by molar-refractivity contribution is 5.96. The Bertz CT molecular complexity index is 1970. The number of fused-ring (bicyclic) bond motifs is 1. The topological polar surface area (TPSA) is 101 Å². The van der Waals surface area contributed by atoms with Gasteiger partial charge in [0, 0.05) is 35.9 Å². The lowest BCUT2D eigenvalue weighted by atomic mass is 10.0. The molecule has 0 unspecified atom stereocenters. The molecule has 1 fully saturated rings. The normalized spacial score (nSPS) is 13.6. The van der Waals surface area contributed by atoms with Gasteiger partial charge in [0.2, 0.25) is 5.88 Å². The van der Waals surface area contributed by atoms with Gasteiger partial charge >= 0.3 is 5.97 Å². The number of nitrogens with zero attached hydrogens (tertiary/aromatic N) is 3. The van der Waals surface area contributed by atoms with Crippen molar-refractivity contribution < 1.29 is 27.8 Å². The molecule has 0 amide bonds. The van der Waals surface area contributed by atoms with Gasteiger partial charge in [0.25, 0.3) is 0 Å². The van der Waals surface area contributed by atoms with Crippen LogP contribution in [-0.4, -0.2) is 31.3 Å². The Morgan fingerprint density at radius 3 is 2.36 bits per heavy atom. The lowest BCUT2D eigenvalue weighted by molar-refractivity contribution is 0.0696. The van der Waals surface area contributed by atoms with E-state index in [1.807, 2.05) is 4.57 Å². The molecular formula is C35H31F3N4O3. The van der Waals surface area contributed by atoms with Gasteiger partial charge < -0.3 is 19.8 Å². The molecule has 7 nitrogen and oxygen atoms in total. The zero-order chi connectivity index (χ0) is 31.9. The minimum atomic E-state index is -1.23. The predicted octanol–water partition coefficient (Wildman–Crippen LogP) is 7.96. The van der Waals surface area contributed by atoms with Gasteiger partial charge in [-0.1, -0.05) is 37.3 Å². The number of hydrogen-bond acceptors (Lipinski definition) is 5. The van der Waals surface area contributed by atoms with Crippen LogP contribution in [0.25, 0.3) is 22.3 Å². The third-order valence-electron chi connectivity index (χ3n) is 8.62. The van der Waals surface area contributed by atoms with E-state index >= 15 is 4.39 Å². The van der Waals surface area contributed by atoms with Crippen LogP contribution >= 0.6 is 0 Å². The maximum absolute atomic E-state index is 15.6. The quantitative estimate of drug-likeness (QED) is 0.147. The summed E-state index contributed by atoms with van der Waals surface area (Å²) >= 11 is 0. The van der Waals surface area contributed by atoms with Crippen molar-refractivity contribution in [2.75, 3.05) is 0 Å². The maximum atomic E-state index is 15.6. The van der Waals surface area contributed by atoms with Crippen LogP contribution in [0.15, 0.2) is 66.7 Å². The molecule has 0 aliphatic heterocycles. The zero-order valence-corrected chi connectivity index (χ0v) is 24.8. The summed E-state index contributed by atoms with van der Waals surface area (Å²) in [7, 11) is 0. The fraction of sp³-hybridized carbons (Fsp3) is 0.257. The Morgan fingerprint density at radius 1 is 0.956 bits per heavy atom. The van der Waals surface area contributed by atoms with Gasteiger partial charge in [-0.25, -0.2) is 27.9 Å². The average molecular weight is 613 g/mol. The molecule has 0 atom stereocenters. The summed E-state index contributed by atoms with van der Waals surface area (Å²) in [6.45, 7) is 4.16. The van der Waals surface area contributed by atoms with E-state index in [4.69, 9.17) is 10.1 Å². The van der Waals surface area contributed by atoms with Crippen LogP contribution in [0.2, 0.25) is 0 Å². The van der Waals surface area contributed by atoms with Gasteiger partial charge in [-0.2, -0.15) is 0 Å². The summed E-state index contributed by atoms with van der Waals surface area (Å²) in [5.74, 6) is -2.23. The molecule has 1 aliphatic rings. The second-order valence-corrected chi connectivity index (χ2v) is 11.7. The van der Waals surface area contributed by atoms with Gasteiger partial charge in [0.1, 0.15) is 29.6 Å². The van der Waals surface area contributed by atoms with Crippen molar-refractivity contribution in [1.29, 1.82) is 5.41 Å². The molecule has 2 aromatic heterocycles. The molecule has 0 bridgehead atoms. The van der Waals surface area contributed by atoms with Crippen molar-refractivity contribution in [2.24, 2.45) is 5.41 Å². The van der Waals surface area contributed by atoms with Crippen LogP contribution in [0.4, 0.5) is 13.2 Å². The van der Waals surface area contributed by atoms with Gasteiger partial charge in [-0.3, -0.25) is 0 Å². The summed E-state index contributed by atoms with van der Waals surface area (Å²) in [6.07, 6.45) is 3.01. The van der Waals surface area contributed by atoms with E-state index in [0.29, 0.717) is 45.8 Å². The molecule has 1 saturated carbocycles. The Labute approximate surface area is 257 Å². The molecule has 1 aliphatic carbocycles. The molecule has 0 radical (unpaired) electrons. The van der Waals surface area contributed by atoms with E-state index in [9.17, 15) is 18.7 Å². The summed E-state index contributed by atoms with van der Waals surface area (Å²) in [5, 5.41) is 17.2. The van der Waals surface area contributed by atoms with Crippen LogP contribution in [-0.2, 0) is 19.6 Å². The highest BCUT2D eigenvalue weighted by atomic mass is 19.1. The SMILES string of the molecule is CCC1(Cn2c(Cc3ccc(-c4cccc(OCc5ccc(C(C)=N)cc5F)n4)cc3F)nc3c(F)cc(C(=O)O)cc32)CC1. The average Bonchev–Trinajstić information content (AvgIpc) is 3.72. The lowest BCUT2D eigenvalue weighted by Gasteiger charge is -2.17. The Hall–Kier alpha value is -4.99. The highest BCUT2D eigenvalue weighted by Crippen LogP contribution is 2.50. The molecule has 6 rings (SSSR count). The Morgan fingerprint density at radius 2 is 1.69 bits per heavy atom. The van der Waals surface area contributed by atoms with Crippen molar-refractivity contribution in [3.8, 4) is 17.1 Å². The molecule has 0 spiro atoms. The van der Waals surface area contributed by atoms with Crippen LogP contribution < -0.4 is 4.74 Å². The van der Waals surface area contributed by atoms with Crippen molar-refractivity contribution in [3.05, 3.63) is 112 Å². The number of aromatic carboxylic acids is 1. The number of carboxylic acid groups (broad SMARTS) is 1. The zero-order valence-electron chi connectivity index (χ0n) is 24.8. The van der Waals surface area contributed by atoms with E-state index in [1.54, 1.807) is 49.4 Å². The summed E-state index contributed by atoms with van der Waals surface area (Å²) in [6, 6.07) is 16.7. The van der Waals surface area contributed by atoms with Crippen LogP contribution in [0, 0.1) is 28.3 Å². The molecular weight excluding hydrogens is 581 g/mol. The molecule has 230 valence electrons. The molecule has 45 heavy (non-hydrogen) atoms. The second-order valence-electron chi connectivity index (χ2n) is 11.7. The first-order valence-corrected chi connectivity index (χ1v) is 14.7. The number of aromatic nitrogens is 3. The molecule has 0 saturated heterocycles. The van der Waals surface area contributed by atoms with E-state index in [1.165, 1.54) is 18.2 Å². The number of carboxylic acids is 1. The number of carbonyl (C=O) groups is 1. The smallest absolute Gasteiger partial charge is 0.335 e. The third kappa shape index (κ3) is 6.18. The monoisotopic (exact) mass is 612 g/mol. The first-order valence-electron chi connectivity index (χ1n) is 14.7. The predicted molar refractivity (Wildman–Crippen MR) is 164 cm³/mol. The number of nitrogens with one attached hydrogen (secondary N) is 1. The fourth-order valence-corrected chi connectivity index (χ4v) is 5.53. The molecule has 5 aromatic rings. The number of imidazole rings is 1. The van der Waals surface area contributed by atoms with E-state index < -0.39 is 23.4 Å². The number of pyridine rings is 1. The van der Waals surface area contributed by atoms with Gasteiger partial charge in [-0.05, 0) is 73.1 Å². The molecule has 10 heteroatoms. The van der Waals surface area contributed by atoms with Gasteiger partial charge in [0.05, 0.1) is 16.8 Å². The van der Waals surface area contributed by atoms with Crippen molar-refractivity contribution in [1.82, 2.24) is 14.5 Å². The summed E-state index contributed by atoms with van der Waals surface area (Å²) in [4.78, 5) is 20.6. The largest absolute Gasteiger partial charge is 0.478 e. The first-order chi connectivity index (χ1) is 21.6. The van der Waals surface area contributed by atoms with Crippen LogP contribution in [0.3, 0.4) is 0 Å². The van der Waals surface area contributed by atoms with Crippen molar-refractivity contribution in [2.45, 2.75) is 52.7 Å².